The minimum absolute atomic E-state index is 0.254. The van der Waals surface area contributed by atoms with Crippen molar-refractivity contribution in [2.24, 2.45) is 0 Å². The Morgan fingerprint density at radius 1 is 1.05 bits per heavy atom. The lowest BCUT2D eigenvalue weighted by Crippen LogP contribution is -2.56. The quantitative estimate of drug-likeness (QED) is 0.254. The molecule has 2 aromatic carbocycles. The molecule has 1 saturated carbocycles. The molecule has 6 nitrogen and oxygen atoms in total. The maximum absolute atomic E-state index is 13.5. The van der Waals surface area contributed by atoms with E-state index < -0.39 is 11.5 Å². The number of amides is 1. The summed E-state index contributed by atoms with van der Waals surface area (Å²) in [6, 6.07) is 17.5. The molecule has 7 heteroatoms. The Labute approximate surface area is 226 Å². The second kappa shape index (κ2) is 11.7. The van der Waals surface area contributed by atoms with Crippen LogP contribution in [0, 0.1) is 6.92 Å². The maximum atomic E-state index is 13.5. The second-order valence-electron chi connectivity index (χ2n) is 10.4. The fourth-order valence-corrected chi connectivity index (χ4v) is 5.17. The monoisotopic (exact) mass is 509 g/mol. The number of nitrogens with zero attached hydrogens (tertiary/aromatic N) is 1. The third-order valence-electron chi connectivity index (χ3n) is 7.30. The minimum atomic E-state index is -1.02. The summed E-state index contributed by atoms with van der Waals surface area (Å²) in [6.07, 6.45) is 8.05. The molecule has 1 aliphatic rings. The van der Waals surface area contributed by atoms with Crippen molar-refractivity contribution in [3.63, 3.8) is 0 Å². The smallest absolute Gasteiger partial charge is 0.331 e. The highest BCUT2D eigenvalue weighted by atomic mass is 16.5. The van der Waals surface area contributed by atoms with Crippen molar-refractivity contribution in [3.8, 4) is 22.4 Å². The molecule has 0 aliphatic heterocycles. The van der Waals surface area contributed by atoms with E-state index in [1.165, 1.54) is 7.11 Å². The number of aromatic nitrogens is 1. The number of hydrogen-bond donors (Lipinski definition) is 2. The van der Waals surface area contributed by atoms with Crippen LogP contribution in [0.1, 0.15) is 60.6 Å². The van der Waals surface area contributed by atoms with Gasteiger partial charge in [-0.3, -0.25) is 4.79 Å². The normalized spacial score (nSPS) is 15.7. The molecule has 3 N–H and O–H groups in total. The average Bonchev–Trinajstić information content (AvgIpc) is 2.93. The van der Waals surface area contributed by atoms with Gasteiger partial charge in [0.05, 0.1) is 12.8 Å². The van der Waals surface area contributed by atoms with Crippen molar-refractivity contribution < 1.29 is 14.3 Å². The zero-order valence-corrected chi connectivity index (χ0v) is 22.7. The molecule has 0 saturated heterocycles. The van der Waals surface area contributed by atoms with Crippen LogP contribution < -0.4 is 11.1 Å². The molecule has 1 aromatic heterocycles. The summed E-state index contributed by atoms with van der Waals surface area (Å²) in [5.41, 5.74) is 11.7. The lowest BCUT2D eigenvalue weighted by atomic mass is 9.81. The first-order chi connectivity index (χ1) is 18.3. The predicted octanol–water partition coefficient (Wildman–Crippen LogP) is 5.37. The average molecular weight is 509 g/mol. The van der Waals surface area contributed by atoms with E-state index in [-0.39, 0.29) is 11.6 Å². The molecule has 0 spiro atoms. The van der Waals surface area contributed by atoms with Crippen LogP contribution in [0.4, 0.5) is 5.69 Å². The molecule has 196 valence electrons. The summed E-state index contributed by atoms with van der Waals surface area (Å²) in [4.78, 5) is 31.2. The number of nitrogens with two attached hydrogens (primary N) is 1. The van der Waals surface area contributed by atoms with Crippen molar-refractivity contribution >= 4 is 31.5 Å². The van der Waals surface area contributed by atoms with Crippen LogP contribution in [-0.4, -0.2) is 37.4 Å². The van der Waals surface area contributed by atoms with Crippen LogP contribution in [0.2, 0.25) is 5.82 Å². The molecule has 1 aliphatic carbocycles. The van der Waals surface area contributed by atoms with E-state index >= 15 is 0 Å². The number of pyridine rings is 1. The lowest BCUT2D eigenvalue weighted by Gasteiger charge is -2.35. The van der Waals surface area contributed by atoms with E-state index in [4.69, 9.17) is 15.5 Å². The highest BCUT2D eigenvalue weighted by Gasteiger charge is 2.42. The highest BCUT2D eigenvalue weighted by Crippen LogP contribution is 2.36. The first kappa shape index (κ1) is 27.2. The van der Waals surface area contributed by atoms with E-state index in [0.29, 0.717) is 30.0 Å². The van der Waals surface area contributed by atoms with Gasteiger partial charge in [-0.2, -0.15) is 0 Å². The number of nitrogens with one attached hydrogen (secondary N) is 1. The van der Waals surface area contributed by atoms with Gasteiger partial charge in [0.2, 0.25) is 0 Å². The van der Waals surface area contributed by atoms with Gasteiger partial charge in [0.15, 0.2) is 0 Å². The molecule has 0 radical (unpaired) electrons. The Bertz CT molecular complexity index is 1350. The Hall–Kier alpha value is -3.87. The first-order valence-electron chi connectivity index (χ1n) is 13.3. The number of ether oxygens (including phenoxy) is 1. The lowest BCUT2D eigenvalue weighted by molar-refractivity contribution is -0.149. The maximum Gasteiger partial charge on any atom is 0.331 e. The van der Waals surface area contributed by atoms with Gasteiger partial charge in [-0.15, -0.1) is 0 Å². The van der Waals surface area contributed by atoms with Crippen LogP contribution in [0.3, 0.4) is 0 Å². The third kappa shape index (κ3) is 5.67. The second-order valence-corrected chi connectivity index (χ2v) is 10.4. The van der Waals surface area contributed by atoms with Crippen molar-refractivity contribution in [2.75, 3.05) is 12.8 Å². The van der Waals surface area contributed by atoms with Crippen LogP contribution in [0.15, 0.2) is 60.7 Å². The molecule has 1 fully saturated rings. The van der Waals surface area contributed by atoms with E-state index in [1.54, 1.807) is 6.07 Å². The Kier molecular flexibility index (Phi) is 8.35. The number of carbonyl (C=O) groups excluding carboxylic acids is 2. The van der Waals surface area contributed by atoms with Crippen molar-refractivity contribution in [1.29, 1.82) is 0 Å². The molecule has 1 unspecified atom stereocenters. The van der Waals surface area contributed by atoms with Gasteiger partial charge in [0.25, 0.3) is 5.91 Å². The largest absolute Gasteiger partial charge is 0.467 e. The predicted molar refractivity (Wildman–Crippen MR) is 157 cm³/mol. The molecule has 0 bridgehead atoms. The Balaban J connectivity index is 1.82. The van der Waals surface area contributed by atoms with Crippen LogP contribution in [0.5, 0.6) is 0 Å². The molecule has 4 rings (SSSR count). The number of esters is 1. The molecular weight excluding hydrogens is 473 g/mol. The molecular formula is C31H36BN3O3. The zero-order chi connectivity index (χ0) is 27.3. The van der Waals surface area contributed by atoms with Gasteiger partial charge in [0.1, 0.15) is 19.1 Å². The Morgan fingerprint density at radius 3 is 2.39 bits per heavy atom. The van der Waals surface area contributed by atoms with Gasteiger partial charge in [-0.25, -0.2) is 9.78 Å². The van der Waals surface area contributed by atoms with Crippen molar-refractivity contribution in [2.45, 2.75) is 57.3 Å². The molecule has 3 aromatic rings. The molecule has 1 atom stereocenters. The summed E-state index contributed by atoms with van der Waals surface area (Å²) in [6.45, 7) is 4.15. The van der Waals surface area contributed by atoms with Crippen LogP contribution in [0.25, 0.3) is 28.5 Å². The van der Waals surface area contributed by atoms with Gasteiger partial charge >= 0.3 is 5.97 Å². The van der Waals surface area contributed by atoms with E-state index in [0.717, 1.165) is 47.1 Å². The standard InChI is InChI=1S/C31H36BN3O3/c1-20(32)12-13-23-21(2)24(14-16-26(23)33)28-25(22-10-6-4-7-11-22)15-17-27(34-28)29(36)35-31(30(37)38-3)18-8-5-9-19-31/h4,6-7,10-17,20H,5,8-9,18-19,32-33H2,1-3H3,(H,35,36)/b13-12+. The fourth-order valence-electron chi connectivity index (χ4n) is 5.17. The molecule has 1 amide bonds. The molecule has 1 heterocycles. The van der Waals surface area contributed by atoms with E-state index in [2.05, 4.69) is 32.2 Å². The summed E-state index contributed by atoms with van der Waals surface area (Å²) in [5, 5.41) is 3.00. The summed E-state index contributed by atoms with van der Waals surface area (Å²) >= 11 is 0. The SMILES string of the molecule is BC(C)/C=C/c1c(N)ccc(-c2nc(C(=O)NC3(C(=O)OC)CCCCC3)ccc2-c2ccccc2)c1C. The highest BCUT2D eigenvalue weighted by molar-refractivity contribution is 6.13. The van der Waals surface area contributed by atoms with Crippen LogP contribution in [-0.2, 0) is 9.53 Å². The number of anilines is 1. The number of nitrogen functional groups attached to an aromatic ring is 1. The van der Waals surface area contributed by atoms with Gasteiger partial charge < -0.3 is 15.8 Å². The van der Waals surface area contributed by atoms with Gasteiger partial charge in [0, 0.05) is 22.4 Å². The Morgan fingerprint density at radius 2 is 1.74 bits per heavy atom. The number of hydrogen-bond acceptors (Lipinski definition) is 5. The zero-order valence-electron chi connectivity index (χ0n) is 22.7. The fraction of sp³-hybridized carbons (Fsp3) is 0.323. The summed E-state index contributed by atoms with van der Waals surface area (Å²) in [5.74, 6) is -0.404. The number of allylic oxidation sites excluding steroid dienone is 1. The number of benzene rings is 2. The topological polar surface area (TPSA) is 94.3 Å². The minimum Gasteiger partial charge on any atom is -0.467 e. The van der Waals surface area contributed by atoms with E-state index in [9.17, 15) is 9.59 Å². The summed E-state index contributed by atoms with van der Waals surface area (Å²) < 4.78 is 5.09. The third-order valence-corrected chi connectivity index (χ3v) is 7.30. The van der Waals surface area contributed by atoms with Gasteiger partial charge in [-0.1, -0.05) is 80.6 Å². The van der Waals surface area contributed by atoms with Gasteiger partial charge in [-0.05, 0) is 49.1 Å². The first-order valence-corrected chi connectivity index (χ1v) is 13.3. The van der Waals surface area contributed by atoms with Crippen molar-refractivity contribution in [1.82, 2.24) is 10.3 Å². The summed E-state index contributed by atoms with van der Waals surface area (Å²) in [7, 11) is 3.49. The van der Waals surface area contributed by atoms with Crippen LogP contribution >= 0.6 is 0 Å². The number of rotatable bonds is 7. The van der Waals surface area contributed by atoms with Crippen molar-refractivity contribution in [3.05, 3.63) is 77.5 Å². The number of methoxy groups -OCH3 is 1. The van der Waals surface area contributed by atoms with E-state index in [1.807, 2.05) is 55.5 Å². The molecule has 38 heavy (non-hydrogen) atoms. The number of carbonyl (C=O) groups is 2.